The highest BCUT2D eigenvalue weighted by Gasteiger charge is 2.32. The van der Waals surface area contributed by atoms with E-state index in [0.29, 0.717) is 13.1 Å². The van der Waals surface area contributed by atoms with Gasteiger partial charge in [0.25, 0.3) is 5.91 Å². The van der Waals surface area contributed by atoms with E-state index in [0.717, 1.165) is 0 Å². The molecule has 1 fully saturated rings. The van der Waals surface area contributed by atoms with Crippen LogP contribution in [0.15, 0.2) is 6.20 Å². The third-order valence-corrected chi connectivity index (χ3v) is 4.84. The summed E-state index contributed by atoms with van der Waals surface area (Å²) in [4.78, 5) is 13.7. The van der Waals surface area contributed by atoms with Crippen molar-refractivity contribution in [1.82, 2.24) is 19.9 Å². The molecule has 0 radical (unpaired) electrons. The Morgan fingerprint density at radius 3 is 2.95 bits per heavy atom. The zero-order chi connectivity index (χ0) is 14.0. The van der Waals surface area contributed by atoms with Crippen molar-refractivity contribution in [3.05, 3.63) is 11.9 Å². The molecule has 0 spiro atoms. The molecule has 1 aromatic heterocycles. The average molecular weight is 287 g/mol. The van der Waals surface area contributed by atoms with Gasteiger partial charge < -0.3 is 10.6 Å². The normalized spacial score (nSPS) is 22.4. The van der Waals surface area contributed by atoms with Crippen LogP contribution in [0.1, 0.15) is 17.4 Å². The monoisotopic (exact) mass is 287 g/mol. The van der Waals surface area contributed by atoms with Crippen molar-refractivity contribution >= 4 is 15.7 Å². The zero-order valence-electron chi connectivity index (χ0n) is 10.7. The number of sulfone groups is 1. The standard InChI is InChI=1S/C10H17N5O3S/c1-8-7-19(17,18)5-4-15(8)10(16)9-6-14(3-2-11)13-12-9/h6,8H,2-5,7,11H2,1H3. The van der Waals surface area contributed by atoms with Gasteiger partial charge in [-0.3, -0.25) is 9.48 Å². The van der Waals surface area contributed by atoms with E-state index < -0.39 is 9.84 Å². The van der Waals surface area contributed by atoms with E-state index in [1.807, 2.05) is 0 Å². The summed E-state index contributed by atoms with van der Waals surface area (Å²) < 4.78 is 24.4. The van der Waals surface area contributed by atoms with E-state index in [-0.39, 0.29) is 35.7 Å². The lowest BCUT2D eigenvalue weighted by Gasteiger charge is -2.32. The fourth-order valence-corrected chi connectivity index (χ4v) is 3.64. The molecule has 1 aromatic rings. The number of amides is 1. The number of carbonyl (C=O) groups is 1. The maximum Gasteiger partial charge on any atom is 0.276 e. The first-order chi connectivity index (χ1) is 8.93. The molecule has 2 heterocycles. The maximum absolute atomic E-state index is 12.2. The van der Waals surface area contributed by atoms with Gasteiger partial charge in [0.15, 0.2) is 15.5 Å². The van der Waals surface area contributed by atoms with Gasteiger partial charge in [-0.05, 0) is 6.92 Å². The molecule has 1 aliphatic heterocycles. The van der Waals surface area contributed by atoms with Crippen LogP contribution in [0, 0.1) is 0 Å². The van der Waals surface area contributed by atoms with Gasteiger partial charge in [0.2, 0.25) is 0 Å². The first kappa shape index (κ1) is 13.9. The SMILES string of the molecule is CC1CS(=O)(=O)CCN1C(=O)c1cn(CCN)nn1. The minimum atomic E-state index is -3.04. The van der Waals surface area contributed by atoms with Gasteiger partial charge in [0.05, 0.1) is 24.2 Å². The second kappa shape index (κ2) is 5.25. The molecule has 1 atom stereocenters. The van der Waals surface area contributed by atoms with E-state index >= 15 is 0 Å². The van der Waals surface area contributed by atoms with E-state index in [1.165, 1.54) is 15.8 Å². The Bertz CT molecular complexity index is 567. The highest BCUT2D eigenvalue weighted by Crippen LogP contribution is 2.14. The second-order valence-corrected chi connectivity index (χ2v) is 6.85. The predicted octanol–water partition coefficient (Wildman–Crippen LogP) is -1.50. The summed E-state index contributed by atoms with van der Waals surface area (Å²) in [6, 6.07) is -0.342. The molecule has 0 saturated carbocycles. The average Bonchev–Trinajstić information content (AvgIpc) is 2.76. The summed E-state index contributed by atoms with van der Waals surface area (Å²) in [6.07, 6.45) is 1.53. The molecular formula is C10H17N5O3S. The summed E-state index contributed by atoms with van der Waals surface area (Å²) in [5.74, 6) is -0.291. The van der Waals surface area contributed by atoms with Gasteiger partial charge >= 0.3 is 0 Å². The molecular weight excluding hydrogens is 270 g/mol. The number of hydrogen-bond donors (Lipinski definition) is 1. The van der Waals surface area contributed by atoms with Crippen molar-refractivity contribution in [3.8, 4) is 0 Å². The third-order valence-electron chi connectivity index (χ3n) is 3.05. The zero-order valence-corrected chi connectivity index (χ0v) is 11.5. The summed E-state index contributed by atoms with van der Waals surface area (Å²) in [5, 5.41) is 7.59. The van der Waals surface area contributed by atoms with Crippen LogP contribution in [0.3, 0.4) is 0 Å². The van der Waals surface area contributed by atoms with Crippen LogP contribution in [0.25, 0.3) is 0 Å². The first-order valence-corrected chi connectivity index (χ1v) is 7.86. The van der Waals surface area contributed by atoms with E-state index in [4.69, 9.17) is 5.73 Å². The van der Waals surface area contributed by atoms with Gasteiger partial charge in [-0.25, -0.2) is 8.42 Å². The van der Waals surface area contributed by atoms with Crippen molar-refractivity contribution < 1.29 is 13.2 Å². The van der Waals surface area contributed by atoms with Gasteiger partial charge in [-0.15, -0.1) is 5.10 Å². The minimum Gasteiger partial charge on any atom is -0.332 e. The highest BCUT2D eigenvalue weighted by molar-refractivity contribution is 7.91. The van der Waals surface area contributed by atoms with Crippen molar-refractivity contribution in [1.29, 1.82) is 0 Å². The minimum absolute atomic E-state index is 0.0000170. The summed E-state index contributed by atoms with van der Waals surface area (Å²) >= 11 is 0. The van der Waals surface area contributed by atoms with Gasteiger partial charge in [-0.2, -0.15) is 0 Å². The summed E-state index contributed by atoms with van der Waals surface area (Å²) in [7, 11) is -3.04. The number of carbonyl (C=O) groups excluding carboxylic acids is 1. The molecule has 1 saturated heterocycles. The number of rotatable bonds is 3. The Morgan fingerprint density at radius 1 is 1.58 bits per heavy atom. The Labute approximate surface area is 111 Å². The Balaban J connectivity index is 2.11. The van der Waals surface area contributed by atoms with Crippen LogP contribution in [-0.2, 0) is 16.4 Å². The van der Waals surface area contributed by atoms with Crippen molar-refractivity contribution in [2.45, 2.75) is 19.5 Å². The molecule has 1 aliphatic rings. The fourth-order valence-electron chi connectivity index (χ4n) is 2.09. The van der Waals surface area contributed by atoms with Crippen LogP contribution in [-0.4, -0.2) is 64.9 Å². The van der Waals surface area contributed by atoms with Crippen LogP contribution in [0.5, 0.6) is 0 Å². The van der Waals surface area contributed by atoms with Crippen LogP contribution < -0.4 is 5.73 Å². The van der Waals surface area contributed by atoms with E-state index in [9.17, 15) is 13.2 Å². The van der Waals surface area contributed by atoms with Crippen molar-refractivity contribution in [2.24, 2.45) is 5.73 Å². The Hall–Kier alpha value is -1.48. The largest absolute Gasteiger partial charge is 0.332 e. The molecule has 2 N–H and O–H groups in total. The number of hydrogen-bond acceptors (Lipinski definition) is 6. The fraction of sp³-hybridized carbons (Fsp3) is 0.700. The molecule has 1 amide bonds. The molecule has 8 nitrogen and oxygen atoms in total. The van der Waals surface area contributed by atoms with Crippen molar-refractivity contribution in [3.63, 3.8) is 0 Å². The lowest BCUT2D eigenvalue weighted by molar-refractivity contribution is 0.0706. The van der Waals surface area contributed by atoms with Gasteiger partial charge in [0.1, 0.15) is 0 Å². The highest BCUT2D eigenvalue weighted by atomic mass is 32.2. The third kappa shape index (κ3) is 3.10. The maximum atomic E-state index is 12.2. The number of nitrogens with zero attached hydrogens (tertiary/aromatic N) is 4. The Morgan fingerprint density at radius 2 is 2.32 bits per heavy atom. The second-order valence-electron chi connectivity index (χ2n) is 4.62. The van der Waals surface area contributed by atoms with Crippen LogP contribution in [0.4, 0.5) is 0 Å². The lowest BCUT2D eigenvalue weighted by Crippen LogP contribution is -2.49. The van der Waals surface area contributed by atoms with Crippen LogP contribution >= 0.6 is 0 Å². The van der Waals surface area contributed by atoms with Crippen LogP contribution in [0.2, 0.25) is 0 Å². The molecule has 1 unspecified atom stereocenters. The number of nitrogens with two attached hydrogens (primary N) is 1. The van der Waals surface area contributed by atoms with E-state index in [1.54, 1.807) is 6.92 Å². The first-order valence-electron chi connectivity index (χ1n) is 6.04. The van der Waals surface area contributed by atoms with Crippen molar-refractivity contribution in [2.75, 3.05) is 24.6 Å². The quantitative estimate of drug-likeness (QED) is 0.724. The molecule has 19 heavy (non-hydrogen) atoms. The van der Waals surface area contributed by atoms with E-state index in [2.05, 4.69) is 10.3 Å². The lowest BCUT2D eigenvalue weighted by atomic mass is 10.2. The Kier molecular flexibility index (Phi) is 3.85. The number of aromatic nitrogens is 3. The molecule has 0 bridgehead atoms. The smallest absolute Gasteiger partial charge is 0.276 e. The summed E-state index contributed by atoms with van der Waals surface area (Å²) in [5.41, 5.74) is 5.61. The molecule has 2 rings (SSSR count). The van der Waals surface area contributed by atoms with Gasteiger partial charge in [0, 0.05) is 19.1 Å². The molecule has 9 heteroatoms. The predicted molar refractivity (Wildman–Crippen MR) is 68.2 cm³/mol. The molecule has 106 valence electrons. The van der Waals surface area contributed by atoms with Gasteiger partial charge in [-0.1, -0.05) is 5.21 Å². The summed E-state index contributed by atoms with van der Waals surface area (Å²) in [6.45, 7) is 2.82. The molecule has 0 aromatic carbocycles. The topological polar surface area (TPSA) is 111 Å². The molecule has 0 aliphatic carbocycles.